The molecule has 5 unspecified atom stereocenters. The molecule has 73 heavy (non-hydrogen) atoms. The highest BCUT2D eigenvalue weighted by Gasteiger charge is 2.41. The maximum absolute atomic E-state index is 13.5. The molecule has 5 N–H and O–H groups in total. The number of benzene rings is 2. The third kappa shape index (κ3) is 14.0. The summed E-state index contributed by atoms with van der Waals surface area (Å²) in [5, 5.41) is 24.3. The van der Waals surface area contributed by atoms with E-state index in [0.717, 1.165) is 85.3 Å². The summed E-state index contributed by atoms with van der Waals surface area (Å²) in [6.07, 6.45) is 9.43. The second-order valence-electron chi connectivity index (χ2n) is 19.8. The van der Waals surface area contributed by atoms with Crippen LogP contribution in [0.2, 0.25) is 0 Å². The molecule has 19 nitrogen and oxygen atoms in total. The van der Waals surface area contributed by atoms with Crippen LogP contribution in [0.1, 0.15) is 145 Å². The Balaban J connectivity index is 0.900. The topological polar surface area (TPSA) is 247 Å². The normalized spacial score (nSPS) is 18.7. The molecular formula is C52H73N8O11PS. The van der Waals surface area contributed by atoms with Crippen LogP contribution in [-0.2, 0) is 46.2 Å². The maximum Gasteiger partial charge on any atom is 0.349 e. The lowest BCUT2D eigenvalue weighted by atomic mass is 9.90. The van der Waals surface area contributed by atoms with E-state index < -0.39 is 54.6 Å². The number of ether oxygens (including phenoxy) is 1. The summed E-state index contributed by atoms with van der Waals surface area (Å²) in [5.41, 5.74) is 5.18. The molecule has 2 aromatic carbocycles. The van der Waals surface area contributed by atoms with Gasteiger partial charge in [-0.05, 0) is 109 Å². The van der Waals surface area contributed by atoms with Crippen molar-refractivity contribution in [2.75, 3.05) is 55.3 Å². The Kier molecular flexibility index (Phi) is 18.8. The van der Waals surface area contributed by atoms with Crippen LogP contribution in [0.15, 0.2) is 45.7 Å². The fraction of sp³-hybridized carbons (Fsp3) is 0.596. The lowest BCUT2D eigenvalue weighted by Crippen LogP contribution is -2.36. The van der Waals surface area contributed by atoms with Gasteiger partial charge in [-0.25, -0.2) is 17.9 Å². The summed E-state index contributed by atoms with van der Waals surface area (Å²) in [6.45, 7) is 12.6. The molecule has 21 heteroatoms. The molecule has 3 aliphatic rings. The van der Waals surface area contributed by atoms with Gasteiger partial charge in [0, 0.05) is 97.0 Å². The van der Waals surface area contributed by atoms with Crippen molar-refractivity contribution in [3.8, 4) is 6.07 Å². The minimum Gasteiger partial charge on any atom is -0.422 e. The van der Waals surface area contributed by atoms with Gasteiger partial charge in [0.15, 0.2) is 0 Å². The Hall–Kier alpha value is -5.13. The van der Waals surface area contributed by atoms with Gasteiger partial charge in [0.05, 0.1) is 49.6 Å². The number of nitrogens with zero attached hydrogens (tertiary/aromatic N) is 4. The molecule has 5 heterocycles. The predicted octanol–water partition coefficient (Wildman–Crippen LogP) is 7.21. The Morgan fingerprint density at radius 2 is 1.74 bits per heavy atom. The number of hydrogen-bond acceptors (Lipinski definition) is 14. The van der Waals surface area contributed by atoms with Gasteiger partial charge >= 0.3 is 5.63 Å². The average Bonchev–Trinajstić information content (AvgIpc) is 3.93. The third-order valence-corrected chi connectivity index (χ3v) is 16.3. The molecule has 3 amide bonds. The van der Waals surface area contributed by atoms with Gasteiger partial charge in [0.25, 0.3) is 14.4 Å². The second-order valence-corrected chi connectivity index (χ2v) is 22.9. The number of rotatable bonds is 27. The molecule has 3 aliphatic heterocycles. The number of carbonyl (C=O) groups is 3. The number of aromatic nitrogens is 1. The number of nitrogens with one attached hydrogen (secondary N) is 4. The molecule has 4 aromatic rings. The van der Waals surface area contributed by atoms with Gasteiger partial charge in [-0.3, -0.25) is 19.1 Å². The summed E-state index contributed by atoms with van der Waals surface area (Å²) in [4.78, 5) is 54.6. The van der Waals surface area contributed by atoms with Gasteiger partial charge in [-0.2, -0.15) is 5.26 Å². The SMILES string of the molecule is [2H]OCC1OC(n2cc(C(CC)NC(=O)CCCCCCC(=O)NCCNC(=O)c3cc4cc5c6c(c4oc3=O)CCCN6CCC5)c3cc(NS(C)(=O)=O)ccc32)CC1OP(OCCC#N)N(C(C)C)C(C)C. The fourth-order valence-corrected chi connectivity index (χ4v) is 12.7. The van der Waals surface area contributed by atoms with Crippen LogP contribution < -0.4 is 31.2 Å². The maximum atomic E-state index is 13.5. The molecule has 1 fully saturated rings. The molecule has 0 spiro atoms. The van der Waals surface area contributed by atoms with Crippen molar-refractivity contribution in [2.45, 2.75) is 155 Å². The highest BCUT2D eigenvalue weighted by molar-refractivity contribution is 7.92. The minimum atomic E-state index is -3.60. The summed E-state index contributed by atoms with van der Waals surface area (Å²) >= 11 is 0. The molecule has 0 saturated carbocycles. The predicted molar refractivity (Wildman–Crippen MR) is 282 cm³/mol. The van der Waals surface area contributed by atoms with E-state index in [4.69, 9.17) is 24.7 Å². The number of unbranched alkanes of at least 4 members (excludes halogenated alkanes) is 3. The quantitative estimate of drug-likeness (QED) is 0.0225. The van der Waals surface area contributed by atoms with Gasteiger partial charge in [0.1, 0.15) is 23.5 Å². The largest absolute Gasteiger partial charge is 0.422 e. The van der Waals surface area contributed by atoms with Gasteiger partial charge in [-0.15, -0.1) is 0 Å². The molecule has 5 atom stereocenters. The van der Waals surface area contributed by atoms with Crippen LogP contribution in [-0.4, -0.2) is 112 Å². The van der Waals surface area contributed by atoms with Crippen molar-refractivity contribution in [3.63, 3.8) is 0 Å². The van der Waals surface area contributed by atoms with E-state index in [1.54, 1.807) is 18.2 Å². The molecule has 398 valence electrons. The van der Waals surface area contributed by atoms with Crippen LogP contribution in [0.4, 0.5) is 11.4 Å². The molecular weight excluding hydrogens is 976 g/mol. The number of hydrogen-bond donors (Lipinski definition) is 5. The molecule has 2 aromatic heterocycles. The smallest absolute Gasteiger partial charge is 0.349 e. The first-order valence-corrected chi connectivity index (χ1v) is 28.8. The lowest BCUT2D eigenvalue weighted by molar-refractivity contribution is -0.122. The van der Waals surface area contributed by atoms with Crippen molar-refractivity contribution in [1.82, 2.24) is 25.2 Å². The van der Waals surface area contributed by atoms with E-state index in [1.807, 2.05) is 29.8 Å². The summed E-state index contributed by atoms with van der Waals surface area (Å²) in [6, 6.07) is 10.7. The molecule has 7 rings (SSSR count). The number of aryl methyl sites for hydroxylation is 2. The van der Waals surface area contributed by atoms with Crippen molar-refractivity contribution in [2.24, 2.45) is 0 Å². The van der Waals surface area contributed by atoms with Crippen molar-refractivity contribution in [3.05, 3.63) is 69.2 Å². The highest BCUT2D eigenvalue weighted by Crippen LogP contribution is 2.50. The third-order valence-electron chi connectivity index (χ3n) is 13.6. The molecule has 1 saturated heterocycles. The second kappa shape index (κ2) is 25.4. The van der Waals surface area contributed by atoms with Crippen molar-refractivity contribution >= 4 is 69.5 Å². The number of carbonyl (C=O) groups excluding carboxylic acids is 3. The summed E-state index contributed by atoms with van der Waals surface area (Å²) < 4.78 is 64.1. The minimum absolute atomic E-state index is 0.0585. The Morgan fingerprint density at radius 1 is 1.01 bits per heavy atom. The van der Waals surface area contributed by atoms with E-state index in [1.165, 1.54) is 11.3 Å². The average molecular weight is 1050 g/mol. The number of anilines is 2. The first-order valence-electron chi connectivity index (χ1n) is 26.2. The number of nitriles is 1. The zero-order valence-electron chi connectivity index (χ0n) is 44.0. The van der Waals surface area contributed by atoms with E-state index in [2.05, 4.69) is 64.0 Å². The van der Waals surface area contributed by atoms with Crippen LogP contribution in [0.25, 0.3) is 21.9 Å². The first-order chi connectivity index (χ1) is 35.5. The van der Waals surface area contributed by atoms with Crippen LogP contribution in [0.3, 0.4) is 0 Å². The fourth-order valence-electron chi connectivity index (χ4n) is 10.4. The Morgan fingerprint density at radius 3 is 2.44 bits per heavy atom. The highest BCUT2D eigenvalue weighted by atomic mass is 32.2. The molecule has 0 bridgehead atoms. The standard InChI is InChI=1S/C52H73N8O11PS/c1-7-42(41-31-59(43-20-19-37(29-39(41)43)57-73(6,66)67)48-30-44(45(32-61)69-48)71-72(68-26-14-21-53)60(33(2)3)34(4)5)56-47(63)18-11-9-8-10-17-46(62)54-22-23-55-51(64)40-28-36-27-35-15-12-24-58-25-13-16-38(49(35)58)50(36)70-52(40)65/h19-20,27-29,31,33-34,42,44-45,48,57,61H,7-18,22-26,30,32H2,1-6H3,(H,54,62)(H,55,64)(H,56,63)/i61D. The first kappa shape index (κ1) is 54.1. The van der Waals surface area contributed by atoms with Gasteiger partial charge in [0.2, 0.25) is 23.3 Å². The number of amides is 3. The van der Waals surface area contributed by atoms with Crippen molar-refractivity contribution < 1.29 is 46.1 Å². The van der Waals surface area contributed by atoms with E-state index in [0.29, 0.717) is 37.0 Å². The van der Waals surface area contributed by atoms with Crippen LogP contribution in [0.5, 0.6) is 0 Å². The Labute approximate surface area is 431 Å². The zero-order chi connectivity index (χ0) is 53.1. The zero-order valence-corrected chi connectivity index (χ0v) is 44.7. The van der Waals surface area contributed by atoms with E-state index in [9.17, 15) is 32.9 Å². The van der Waals surface area contributed by atoms with Gasteiger partial charge in [-0.1, -0.05) is 19.8 Å². The Bertz CT molecular complexity index is 2830. The summed E-state index contributed by atoms with van der Waals surface area (Å²) in [7, 11) is -5.23. The lowest BCUT2D eigenvalue weighted by Gasteiger charge is -2.37. The van der Waals surface area contributed by atoms with E-state index in [-0.39, 0.29) is 75.0 Å². The van der Waals surface area contributed by atoms with Crippen LogP contribution in [0, 0.1) is 11.3 Å². The van der Waals surface area contributed by atoms with Crippen LogP contribution >= 0.6 is 8.53 Å². The van der Waals surface area contributed by atoms with E-state index >= 15 is 0 Å². The van der Waals surface area contributed by atoms with Gasteiger partial charge < -0.3 is 48.7 Å². The number of aliphatic hydroxyl groups is 1. The summed E-state index contributed by atoms with van der Waals surface area (Å²) in [5.74, 6) is -0.848. The molecule has 0 aliphatic carbocycles. The monoisotopic (exact) mass is 1050 g/mol. The molecule has 0 radical (unpaired) electrons. The number of fused-ring (bicyclic) bond motifs is 3. The number of sulfonamides is 1. The van der Waals surface area contributed by atoms with Crippen molar-refractivity contribution in [1.29, 1.82) is 6.69 Å². The number of aliphatic hydroxyl groups excluding tert-OH is 1.